The molecule has 0 aliphatic carbocycles. The number of ether oxygens (including phenoxy) is 2. The molecule has 0 bridgehead atoms. The lowest BCUT2D eigenvalue weighted by molar-refractivity contribution is -0.161. The van der Waals surface area contributed by atoms with Crippen LogP contribution in [-0.2, 0) is 19.1 Å². The van der Waals surface area contributed by atoms with Gasteiger partial charge in [-0.2, -0.15) is 0 Å². The Hall–Kier alpha value is -3.44. The second-order valence-corrected chi connectivity index (χ2v) is 14.0. The average molecular weight is 761 g/mol. The summed E-state index contributed by atoms with van der Waals surface area (Å²) < 4.78 is 10.5. The maximum atomic E-state index is 12.2. The van der Waals surface area contributed by atoms with E-state index in [0.29, 0.717) is 12.8 Å². The lowest BCUT2D eigenvalue weighted by Crippen LogP contribution is -2.28. The second-order valence-electron chi connectivity index (χ2n) is 14.0. The number of carbonyl (C=O) groups excluding carboxylic acids is 2. The molecule has 0 aliphatic rings. The van der Waals surface area contributed by atoms with Crippen molar-refractivity contribution in [3.8, 4) is 0 Å². The van der Waals surface area contributed by atoms with Crippen molar-refractivity contribution in [2.75, 3.05) is 13.2 Å². The Morgan fingerprint density at radius 2 is 0.782 bits per heavy atom. The Balaban J connectivity index is 3.66. The maximum Gasteiger partial charge on any atom is 0.306 e. The van der Waals surface area contributed by atoms with Crippen LogP contribution in [0, 0.1) is 0 Å². The zero-order valence-corrected chi connectivity index (χ0v) is 35.1. The molecule has 1 N–H and O–H groups in total. The molecule has 0 amide bonds. The number of esters is 2. The van der Waals surface area contributed by atoms with E-state index in [1.54, 1.807) is 0 Å². The quantitative estimate of drug-likeness (QED) is 0.0385. The van der Waals surface area contributed by atoms with Crippen molar-refractivity contribution in [1.29, 1.82) is 0 Å². The number of rotatable bonds is 38. The number of unbranched alkanes of at least 4 members (excludes halogenated alkanes) is 12. The predicted octanol–water partition coefficient (Wildman–Crippen LogP) is 14.2. The number of hydrogen-bond acceptors (Lipinski definition) is 5. The summed E-state index contributed by atoms with van der Waals surface area (Å²) in [5.41, 5.74) is 0. The summed E-state index contributed by atoms with van der Waals surface area (Å²) in [5, 5.41) is 9.53. The monoisotopic (exact) mass is 761 g/mol. The molecule has 55 heavy (non-hydrogen) atoms. The molecule has 0 heterocycles. The van der Waals surface area contributed by atoms with Gasteiger partial charge in [0.05, 0.1) is 6.61 Å². The molecule has 1 atom stereocenters. The maximum absolute atomic E-state index is 12.2. The second kappa shape index (κ2) is 45.0. The summed E-state index contributed by atoms with van der Waals surface area (Å²) in [6.07, 6.45) is 64.6. The van der Waals surface area contributed by atoms with Gasteiger partial charge in [0.1, 0.15) is 6.61 Å². The van der Waals surface area contributed by atoms with Crippen molar-refractivity contribution in [2.24, 2.45) is 0 Å². The Morgan fingerprint density at radius 3 is 1.18 bits per heavy atom. The van der Waals surface area contributed by atoms with Crippen LogP contribution in [0.1, 0.15) is 174 Å². The van der Waals surface area contributed by atoms with E-state index in [4.69, 9.17) is 9.47 Å². The van der Waals surface area contributed by atoms with Crippen LogP contribution in [0.4, 0.5) is 0 Å². The third kappa shape index (κ3) is 43.2. The first kappa shape index (κ1) is 51.6. The molecule has 0 fully saturated rings. The van der Waals surface area contributed by atoms with Crippen LogP contribution in [0.5, 0.6) is 0 Å². The summed E-state index contributed by atoms with van der Waals surface area (Å²) in [6, 6.07) is 0. The van der Waals surface area contributed by atoms with E-state index >= 15 is 0 Å². The highest BCUT2D eigenvalue weighted by Crippen LogP contribution is 2.12. The van der Waals surface area contributed by atoms with E-state index in [2.05, 4.69) is 123 Å². The number of aliphatic hydroxyl groups excluding tert-OH is 1. The Morgan fingerprint density at radius 1 is 0.436 bits per heavy atom. The molecule has 0 saturated heterocycles. The first-order valence-electron chi connectivity index (χ1n) is 21.9. The minimum Gasteiger partial charge on any atom is -0.462 e. The van der Waals surface area contributed by atoms with Gasteiger partial charge in [-0.15, -0.1) is 0 Å². The lowest BCUT2D eigenvalue weighted by Gasteiger charge is -2.15. The molecule has 5 nitrogen and oxygen atoms in total. The van der Waals surface area contributed by atoms with Gasteiger partial charge < -0.3 is 14.6 Å². The predicted molar refractivity (Wildman–Crippen MR) is 237 cm³/mol. The van der Waals surface area contributed by atoms with Crippen LogP contribution in [0.3, 0.4) is 0 Å². The van der Waals surface area contributed by atoms with Crippen molar-refractivity contribution in [2.45, 2.75) is 180 Å². The van der Waals surface area contributed by atoms with Crippen LogP contribution in [-0.4, -0.2) is 36.4 Å². The van der Waals surface area contributed by atoms with E-state index < -0.39 is 6.10 Å². The molecule has 0 aromatic heterocycles. The third-order valence-corrected chi connectivity index (χ3v) is 8.83. The van der Waals surface area contributed by atoms with E-state index in [0.717, 1.165) is 116 Å². The first-order valence-corrected chi connectivity index (χ1v) is 21.9. The van der Waals surface area contributed by atoms with Crippen molar-refractivity contribution < 1.29 is 24.2 Å². The topological polar surface area (TPSA) is 72.8 Å². The van der Waals surface area contributed by atoms with E-state index in [1.165, 1.54) is 32.1 Å². The molecule has 0 saturated carbocycles. The number of carbonyl (C=O) groups is 2. The van der Waals surface area contributed by atoms with Crippen molar-refractivity contribution in [3.63, 3.8) is 0 Å². The highest BCUT2D eigenvalue weighted by atomic mass is 16.6. The largest absolute Gasteiger partial charge is 0.462 e. The normalized spacial score (nSPS) is 13.3. The summed E-state index contributed by atoms with van der Waals surface area (Å²) in [5.74, 6) is -0.627. The van der Waals surface area contributed by atoms with Gasteiger partial charge in [-0.25, -0.2) is 0 Å². The minimum atomic E-state index is -0.785. The zero-order valence-electron chi connectivity index (χ0n) is 35.1. The SMILES string of the molecule is CC/C=C\C/C=C\C/C=C\C/C=C\C/C=C\C/C=C\C/C=C\C/C=C\C/C=C\CCCCCCCC(=O)OC(CO)COC(=O)CCCCCCCCCC. The van der Waals surface area contributed by atoms with Crippen LogP contribution in [0.15, 0.2) is 109 Å². The molecule has 0 aromatic carbocycles. The summed E-state index contributed by atoms with van der Waals surface area (Å²) >= 11 is 0. The Kier molecular flexibility index (Phi) is 42.1. The molecule has 1 unspecified atom stereocenters. The molecule has 0 rings (SSSR count). The van der Waals surface area contributed by atoms with E-state index in [9.17, 15) is 14.7 Å². The van der Waals surface area contributed by atoms with E-state index in [-0.39, 0.29) is 25.2 Å². The minimum absolute atomic E-state index is 0.0792. The van der Waals surface area contributed by atoms with Gasteiger partial charge in [-0.1, -0.05) is 187 Å². The molecule has 0 radical (unpaired) electrons. The molecule has 0 spiro atoms. The number of aliphatic hydroxyl groups is 1. The smallest absolute Gasteiger partial charge is 0.306 e. The standard InChI is InChI=1S/C50H80O5/c1-3-5-7-9-11-13-14-15-16-17-18-19-20-21-22-23-24-25-26-27-28-29-30-31-32-33-34-35-36-37-39-41-43-45-50(53)55-48(46-51)47-54-49(52)44-42-40-38-12-10-8-6-4-2/h5,7,11,13,15-16,18-19,21-22,24-25,27-28,30-31,33-34,48,51H,3-4,6,8-10,12,14,17,20,23,26,29,32,35-47H2,1-2H3/b7-5-,13-11-,16-15-,19-18-,22-21-,25-24-,28-27-,31-30-,34-33-. The third-order valence-electron chi connectivity index (χ3n) is 8.83. The van der Waals surface area contributed by atoms with Crippen LogP contribution in [0.2, 0.25) is 0 Å². The summed E-state index contributed by atoms with van der Waals surface area (Å²) in [7, 11) is 0. The molecular weight excluding hydrogens is 681 g/mol. The van der Waals surface area contributed by atoms with Gasteiger partial charge in [0, 0.05) is 12.8 Å². The van der Waals surface area contributed by atoms with Crippen LogP contribution >= 0.6 is 0 Å². The van der Waals surface area contributed by atoms with Crippen molar-refractivity contribution >= 4 is 11.9 Å². The Bertz CT molecular complexity index is 1130. The summed E-state index contributed by atoms with van der Waals surface area (Å²) in [6.45, 7) is 3.95. The molecule has 5 heteroatoms. The first-order chi connectivity index (χ1) is 27.1. The highest BCUT2D eigenvalue weighted by Gasteiger charge is 2.16. The van der Waals surface area contributed by atoms with Gasteiger partial charge in [0.15, 0.2) is 6.10 Å². The van der Waals surface area contributed by atoms with Gasteiger partial charge >= 0.3 is 11.9 Å². The van der Waals surface area contributed by atoms with Gasteiger partial charge in [0.25, 0.3) is 0 Å². The number of hydrogen-bond donors (Lipinski definition) is 1. The molecule has 310 valence electrons. The summed E-state index contributed by atoms with van der Waals surface area (Å²) in [4.78, 5) is 24.2. The van der Waals surface area contributed by atoms with Crippen LogP contribution in [0.25, 0.3) is 0 Å². The van der Waals surface area contributed by atoms with E-state index in [1.807, 2.05) is 0 Å². The highest BCUT2D eigenvalue weighted by molar-refractivity contribution is 5.70. The van der Waals surface area contributed by atoms with Crippen LogP contribution < -0.4 is 0 Å². The Labute approximate surface area is 338 Å². The van der Waals surface area contributed by atoms with Gasteiger partial charge in [0.2, 0.25) is 0 Å². The fraction of sp³-hybridized carbons (Fsp3) is 0.600. The molecule has 0 aromatic rings. The average Bonchev–Trinajstić information content (AvgIpc) is 3.19. The number of allylic oxidation sites excluding steroid dienone is 18. The van der Waals surface area contributed by atoms with Crippen molar-refractivity contribution in [1.82, 2.24) is 0 Å². The molecule has 0 aliphatic heterocycles. The molecular formula is C50H80O5. The fourth-order valence-electron chi connectivity index (χ4n) is 5.54. The lowest BCUT2D eigenvalue weighted by atomic mass is 10.1. The fourth-order valence-corrected chi connectivity index (χ4v) is 5.54. The van der Waals surface area contributed by atoms with Gasteiger partial charge in [-0.05, 0) is 83.5 Å². The zero-order chi connectivity index (χ0) is 40.0. The van der Waals surface area contributed by atoms with Crippen molar-refractivity contribution in [3.05, 3.63) is 109 Å². The van der Waals surface area contributed by atoms with Gasteiger partial charge in [-0.3, -0.25) is 9.59 Å².